The smallest absolute Gasteiger partial charge is 0.137 e. The standard InChI is InChI=1S/C11H15BrFNS/c1-14(2)5-6-15-8-9-3-4-11(13)10(12)7-9/h3-4,7H,5-6,8H2,1-2H3. The van der Waals surface area contributed by atoms with Gasteiger partial charge in [-0.3, -0.25) is 0 Å². The van der Waals surface area contributed by atoms with Crippen LogP contribution in [0.4, 0.5) is 4.39 Å². The van der Waals surface area contributed by atoms with Crippen LogP contribution in [-0.4, -0.2) is 31.3 Å². The number of hydrogen-bond donors (Lipinski definition) is 0. The van der Waals surface area contributed by atoms with Crippen molar-refractivity contribution in [3.63, 3.8) is 0 Å². The van der Waals surface area contributed by atoms with Gasteiger partial charge >= 0.3 is 0 Å². The second kappa shape index (κ2) is 6.51. The molecule has 0 saturated carbocycles. The van der Waals surface area contributed by atoms with Gasteiger partial charge in [-0.2, -0.15) is 11.8 Å². The molecular formula is C11H15BrFNS. The third-order valence-electron chi connectivity index (χ3n) is 1.94. The number of nitrogens with zero attached hydrogens (tertiary/aromatic N) is 1. The van der Waals surface area contributed by atoms with E-state index in [2.05, 4.69) is 34.9 Å². The van der Waals surface area contributed by atoms with E-state index in [0.29, 0.717) is 4.47 Å². The van der Waals surface area contributed by atoms with Crippen molar-refractivity contribution in [2.24, 2.45) is 0 Å². The summed E-state index contributed by atoms with van der Waals surface area (Å²) in [6, 6.07) is 5.19. The highest BCUT2D eigenvalue weighted by Gasteiger charge is 2.00. The molecule has 0 spiro atoms. The fourth-order valence-corrected chi connectivity index (χ4v) is 2.55. The maximum atomic E-state index is 12.9. The molecule has 0 bridgehead atoms. The molecule has 0 aliphatic heterocycles. The fourth-order valence-electron chi connectivity index (χ4n) is 1.07. The summed E-state index contributed by atoms with van der Waals surface area (Å²) in [6.07, 6.45) is 0. The van der Waals surface area contributed by atoms with Gasteiger partial charge in [-0.05, 0) is 47.7 Å². The quantitative estimate of drug-likeness (QED) is 0.765. The van der Waals surface area contributed by atoms with Crippen LogP contribution in [0.15, 0.2) is 22.7 Å². The van der Waals surface area contributed by atoms with E-state index in [-0.39, 0.29) is 5.82 Å². The molecule has 0 amide bonds. The van der Waals surface area contributed by atoms with Crippen LogP contribution in [0.25, 0.3) is 0 Å². The van der Waals surface area contributed by atoms with Crippen LogP contribution in [0.5, 0.6) is 0 Å². The van der Waals surface area contributed by atoms with Crippen molar-refractivity contribution in [2.45, 2.75) is 5.75 Å². The van der Waals surface area contributed by atoms with Crippen molar-refractivity contribution in [2.75, 3.05) is 26.4 Å². The van der Waals surface area contributed by atoms with Gasteiger partial charge in [0.2, 0.25) is 0 Å². The van der Waals surface area contributed by atoms with Crippen molar-refractivity contribution in [1.29, 1.82) is 0 Å². The summed E-state index contributed by atoms with van der Waals surface area (Å²) in [5.41, 5.74) is 1.16. The molecule has 0 atom stereocenters. The highest BCUT2D eigenvalue weighted by molar-refractivity contribution is 9.10. The van der Waals surface area contributed by atoms with Crippen LogP contribution in [0, 0.1) is 5.82 Å². The molecule has 0 fully saturated rings. The molecule has 4 heteroatoms. The van der Waals surface area contributed by atoms with Crippen LogP contribution >= 0.6 is 27.7 Å². The van der Waals surface area contributed by atoms with Crippen LogP contribution < -0.4 is 0 Å². The van der Waals surface area contributed by atoms with E-state index >= 15 is 0 Å². The van der Waals surface area contributed by atoms with Crippen LogP contribution in [-0.2, 0) is 5.75 Å². The minimum absolute atomic E-state index is 0.197. The molecule has 0 N–H and O–H groups in total. The lowest BCUT2D eigenvalue weighted by Gasteiger charge is -2.08. The van der Waals surface area contributed by atoms with E-state index in [1.165, 1.54) is 6.07 Å². The molecule has 0 saturated heterocycles. The van der Waals surface area contributed by atoms with Gasteiger partial charge in [-0.15, -0.1) is 0 Å². The molecule has 0 heterocycles. The van der Waals surface area contributed by atoms with Crippen LogP contribution in [0.3, 0.4) is 0 Å². The second-order valence-corrected chi connectivity index (χ2v) is 5.56. The Balaban J connectivity index is 2.35. The Labute approximate surface area is 103 Å². The second-order valence-electron chi connectivity index (χ2n) is 3.60. The first-order valence-electron chi connectivity index (χ1n) is 4.76. The maximum Gasteiger partial charge on any atom is 0.137 e. The maximum absolute atomic E-state index is 12.9. The molecule has 1 aromatic carbocycles. The van der Waals surface area contributed by atoms with Crippen molar-refractivity contribution >= 4 is 27.7 Å². The average molecular weight is 292 g/mol. The molecule has 1 nitrogen and oxygen atoms in total. The van der Waals surface area contributed by atoms with E-state index in [1.54, 1.807) is 0 Å². The average Bonchev–Trinajstić information content (AvgIpc) is 2.18. The number of rotatable bonds is 5. The number of halogens is 2. The summed E-state index contributed by atoms with van der Waals surface area (Å²) >= 11 is 5.05. The molecule has 1 rings (SSSR count). The Hall–Kier alpha value is -0.0600. The largest absolute Gasteiger partial charge is 0.309 e. The Morgan fingerprint density at radius 2 is 2.13 bits per heavy atom. The number of benzene rings is 1. The first-order chi connectivity index (χ1) is 7.09. The SMILES string of the molecule is CN(C)CCSCc1ccc(F)c(Br)c1. The number of thioether (sulfide) groups is 1. The van der Waals surface area contributed by atoms with E-state index in [1.807, 2.05) is 23.9 Å². The minimum atomic E-state index is -0.197. The van der Waals surface area contributed by atoms with Crippen LogP contribution in [0.2, 0.25) is 0 Å². The molecular weight excluding hydrogens is 277 g/mol. The third-order valence-corrected chi connectivity index (χ3v) is 3.55. The fraction of sp³-hybridized carbons (Fsp3) is 0.455. The normalized spacial score (nSPS) is 11.0. The lowest BCUT2D eigenvalue weighted by atomic mass is 10.2. The molecule has 15 heavy (non-hydrogen) atoms. The van der Waals surface area contributed by atoms with E-state index in [9.17, 15) is 4.39 Å². The first kappa shape index (κ1) is 13.0. The van der Waals surface area contributed by atoms with E-state index in [4.69, 9.17) is 0 Å². The summed E-state index contributed by atoms with van der Waals surface area (Å²) < 4.78 is 13.5. The molecule has 0 aliphatic carbocycles. The Morgan fingerprint density at radius 3 is 2.73 bits per heavy atom. The Kier molecular flexibility index (Phi) is 5.64. The predicted molar refractivity (Wildman–Crippen MR) is 68.8 cm³/mol. The molecule has 84 valence electrons. The monoisotopic (exact) mass is 291 g/mol. The van der Waals surface area contributed by atoms with Crippen molar-refractivity contribution < 1.29 is 4.39 Å². The highest BCUT2D eigenvalue weighted by Crippen LogP contribution is 2.20. The predicted octanol–water partition coefficient (Wildman–Crippen LogP) is 3.38. The third kappa shape index (κ3) is 5.00. The Bertz CT molecular complexity index is 317. The van der Waals surface area contributed by atoms with Gasteiger partial charge in [-0.25, -0.2) is 4.39 Å². The summed E-state index contributed by atoms with van der Waals surface area (Å²) in [5.74, 6) is 1.84. The molecule has 0 radical (unpaired) electrons. The van der Waals surface area contributed by atoms with Gasteiger partial charge in [0.05, 0.1) is 4.47 Å². The van der Waals surface area contributed by atoms with Gasteiger partial charge in [-0.1, -0.05) is 6.07 Å². The van der Waals surface area contributed by atoms with Crippen LogP contribution in [0.1, 0.15) is 5.56 Å². The highest BCUT2D eigenvalue weighted by atomic mass is 79.9. The summed E-state index contributed by atoms with van der Waals surface area (Å²) in [5, 5.41) is 0. The lowest BCUT2D eigenvalue weighted by Crippen LogP contribution is -2.14. The summed E-state index contributed by atoms with van der Waals surface area (Å²) in [4.78, 5) is 2.16. The van der Waals surface area contributed by atoms with Gasteiger partial charge in [0.1, 0.15) is 5.82 Å². The van der Waals surface area contributed by atoms with Gasteiger partial charge < -0.3 is 4.90 Å². The molecule has 0 aromatic heterocycles. The molecule has 1 aromatic rings. The zero-order chi connectivity index (χ0) is 11.3. The Morgan fingerprint density at radius 1 is 1.40 bits per heavy atom. The first-order valence-corrected chi connectivity index (χ1v) is 6.71. The van der Waals surface area contributed by atoms with Crippen molar-refractivity contribution in [3.05, 3.63) is 34.1 Å². The topological polar surface area (TPSA) is 3.24 Å². The summed E-state index contributed by atoms with van der Waals surface area (Å²) in [6.45, 7) is 1.08. The molecule has 0 aliphatic rings. The zero-order valence-electron chi connectivity index (χ0n) is 8.96. The zero-order valence-corrected chi connectivity index (χ0v) is 11.4. The van der Waals surface area contributed by atoms with E-state index < -0.39 is 0 Å². The van der Waals surface area contributed by atoms with Gasteiger partial charge in [0.25, 0.3) is 0 Å². The van der Waals surface area contributed by atoms with E-state index in [0.717, 1.165) is 23.6 Å². The minimum Gasteiger partial charge on any atom is -0.309 e. The molecule has 0 unspecified atom stereocenters. The summed E-state index contributed by atoms with van der Waals surface area (Å²) in [7, 11) is 4.13. The van der Waals surface area contributed by atoms with Crippen molar-refractivity contribution in [3.8, 4) is 0 Å². The lowest BCUT2D eigenvalue weighted by molar-refractivity contribution is 0.437. The number of hydrogen-bond acceptors (Lipinski definition) is 2. The van der Waals surface area contributed by atoms with Gasteiger partial charge in [0, 0.05) is 18.1 Å². The van der Waals surface area contributed by atoms with Crippen molar-refractivity contribution in [1.82, 2.24) is 4.90 Å². The van der Waals surface area contributed by atoms with Gasteiger partial charge in [0.15, 0.2) is 0 Å².